The summed E-state index contributed by atoms with van der Waals surface area (Å²) < 4.78 is 27.8. The minimum atomic E-state index is -4.14. The molecule has 0 fully saturated rings. The number of carbonyl (C=O) groups excluding carboxylic acids is 2. The Morgan fingerprint density at radius 1 is 0.875 bits per heavy atom. The highest BCUT2D eigenvalue weighted by molar-refractivity contribution is 9.10. The molecule has 1 aliphatic rings. The van der Waals surface area contributed by atoms with Gasteiger partial charge in [-0.3, -0.25) is 9.59 Å². The molecule has 0 radical (unpaired) electrons. The molecule has 8 heteroatoms. The minimum Gasteiger partial charge on any atom is -0.321 e. The number of amides is 2. The van der Waals surface area contributed by atoms with E-state index in [4.69, 9.17) is 0 Å². The molecule has 0 saturated carbocycles. The zero-order chi connectivity index (χ0) is 22.5. The Balaban J connectivity index is 1.51. The van der Waals surface area contributed by atoms with E-state index in [1.165, 1.54) is 18.2 Å². The number of nitrogens with one attached hydrogen (secondary N) is 1. The van der Waals surface area contributed by atoms with E-state index in [-0.39, 0.29) is 21.7 Å². The number of anilines is 2. The van der Waals surface area contributed by atoms with Gasteiger partial charge in [-0.25, -0.2) is 8.42 Å². The maximum atomic E-state index is 13.1. The third-order valence-electron chi connectivity index (χ3n) is 5.28. The number of rotatable bonds is 3. The van der Waals surface area contributed by atoms with Crippen LogP contribution in [0.25, 0.3) is 10.8 Å². The van der Waals surface area contributed by atoms with E-state index in [0.717, 1.165) is 19.6 Å². The van der Waals surface area contributed by atoms with Crippen LogP contribution in [0.1, 0.15) is 20.7 Å². The van der Waals surface area contributed by atoms with Crippen molar-refractivity contribution in [2.24, 2.45) is 0 Å². The highest BCUT2D eigenvalue weighted by Gasteiger charge is 2.42. The lowest BCUT2D eigenvalue weighted by Gasteiger charge is -2.15. The number of fused-ring (bicyclic) bond motifs is 2. The van der Waals surface area contributed by atoms with Crippen molar-refractivity contribution in [3.63, 3.8) is 0 Å². The van der Waals surface area contributed by atoms with E-state index in [1.54, 1.807) is 30.3 Å². The minimum absolute atomic E-state index is 0.0367. The SMILES string of the molecule is O=C(Nc1cccc2ccccc12)c1ccc2c(c1)S(=O)(=O)N(c1ccc(Br)cc1)C2=O. The van der Waals surface area contributed by atoms with Gasteiger partial charge in [0.25, 0.3) is 21.8 Å². The molecular weight excluding hydrogens is 492 g/mol. The molecule has 5 rings (SSSR count). The zero-order valence-electron chi connectivity index (χ0n) is 16.4. The maximum absolute atomic E-state index is 13.1. The van der Waals surface area contributed by atoms with Gasteiger partial charge in [-0.05, 0) is 53.9 Å². The van der Waals surface area contributed by atoms with E-state index in [0.29, 0.717) is 5.69 Å². The van der Waals surface area contributed by atoms with Crippen molar-refractivity contribution in [3.05, 3.63) is 101 Å². The topological polar surface area (TPSA) is 83.6 Å². The van der Waals surface area contributed by atoms with Gasteiger partial charge in [0.2, 0.25) is 0 Å². The summed E-state index contributed by atoms with van der Waals surface area (Å²) in [5.41, 5.74) is 1.03. The van der Waals surface area contributed by atoms with E-state index in [2.05, 4.69) is 21.2 Å². The van der Waals surface area contributed by atoms with Gasteiger partial charge < -0.3 is 5.32 Å². The van der Waals surface area contributed by atoms with Gasteiger partial charge in [0.05, 0.1) is 11.3 Å². The summed E-state index contributed by atoms with van der Waals surface area (Å²) in [4.78, 5) is 25.6. The quantitative estimate of drug-likeness (QED) is 0.413. The molecule has 0 unspecified atom stereocenters. The smallest absolute Gasteiger partial charge is 0.273 e. The lowest BCUT2D eigenvalue weighted by atomic mass is 10.1. The first-order valence-electron chi connectivity index (χ1n) is 9.65. The number of halogens is 1. The highest BCUT2D eigenvalue weighted by Crippen LogP contribution is 2.36. The van der Waals surface area contributed by atoms with Crippen molar-refractivity contribution in [2.45, 2.75) is 4.90 Å². The second-order valence-corrected chi connectivity index (χ2v) is 9.91. The number of carbonyl (C=O) groups is 2. The molecule has 0 bridgehead atoms. The summed E-state index contributed by atoms with van der Waals surface area (Å²) in [5, 5.41) is 4.68. The van der Waals surface area contributed by atoms with E-state index in [1.807, 2.05) is 36.4 Å². The van der Waals surface area contributed by atoms with Gasteiger partial charge >= 0.3 is 0 Å². The van der Waals surface area contributed by atoms with Crippen LogP contribution in [0.3, 0.4) is 0 Å². The van der Waals surface area contributed by atoms with Crippen LogP contribution in [0.4, 0.5) is 11.4 Å². The first-order valence-corrected chi connectivity index (χ1v) is 11.9. The van der Waals surface area contributed by atoms with Crippen molar-refractivity contribution < 1.29 is 18.0 Å². The first-order chi connectivity index (χ1) is 15.4. The summed E-state index contributed by atoms with van der Waals surface area (Å²) in [6.45, 7) is 0. The predicted molar refractivity (Wildman–Crippen MR) is 126 cm³/mol. The Labute approximate surface area is 192 Å². The van der Waals surface area contributed by atoms with Gasteiger partial charge in [-0.1, -0.05) is 52.3 Å². The number of hydrogen-bond acceptors (Lipinski definition) is 4. The first kappa shape index (κ1) is 20.4. The summed E-state index contributed by atoms with van der Waals surface area (Å²) >= 11 is 3.30. The third kappa shape index (κ3) is 3.28. The summed E-state index contributed by atoms with van der Waals surface area (Å²) in [6, 6.07) is 23.7. The molecule has 6 nitrogen and oxygen atoms in total. The van der Waals surface area contributed by atoms with Gasteiger partial charge in [0.15, 0.2) is 0 Å². The Bertz CT molecular complexity index is 1510. The second kappa shape index (κ2) is 7.58. The summed E-state index contributed by atoms with van der Waals surface area (Å²) in [5.74, 6) is -1.11. The van der Waals surface area contributed by atoms with Crippen LogP contribution in [0.2, 0.25) is 0 Å². The molecule has 0 atom stereocenters. The molecule has 2 amide bonds. The Morgan fingerprint density at radius 2 is 1.59 bits per heavy atom. The fourth-order valence-electron chi connectivity index (χ4n) is 3.73. The molecule has 1 N–H and O–H groups in total. The van der Waals surface area contributed by atoms with Crippen LogP contribution in [-0.2, 0) is 10.0 Å². The highest BCUT2D eigenvalue weighted by atomic mass is 79.9. The molecular formula is C24H15BrN2O4S. The number of hydrogen-bond donors (Lipinski definition) is 1. The van der Waals surface area contributed by atoms with Crippen LogP contribution in [0.15, 0.2) is 94.3 Å². The lowest BCUT2D eigenvalue weighted by Crippen LogP contribution is -2.29. The average molecular weight is 507 g/mol. The molecule has 1 heterocycles. The van der Waals surface area contributed by atoms with Gasteiger partial charge in [-0.2, -0.15) is 4.31 Å². The van der Waals surface area contributed by atoms with Crippen molar-refractivity contribution in [1.82, 2.24) is 0 Å². The number of benzene rings is 4. The second-order valence-electron chi connectivity index (χ2n) is 7.24. The lowest BCUT2D eigenvalue weighted by molar-refractivity contribution is 0.100. The van der Waals surface area contributed by atoms with Crippen molar-refractivity contribution in [2.75, 3.05) is 9.62 Å². The fourth-order valence-corrected chi connectivity index (χ4v) is 5.62. The molecule has 158 valence electrons. The van der Waals surface area contributed by atoms with Crippen LogP contribution in [0.5, 0.6) is 0 Å². The van der Waals surface area contributed by atoms with Gasteiger partial charge in [-0.15, -0.1) is 0 Å². The summed E-state index contributed by atoms with van der Waals surface area (Å²) in [7, 11) is -4.14. The monoisotopic (exact) mass is 506 g/mol. The van der Waals surface area contributed by atoms with E-state index >= 15 is 0 Å². The molecule has 4 aromatic rings. The summed E-state index contributed by atoms with van der Waals surface area (Å²) in [6.07, 6.45) is 0. The molecule has 0 aromatic heterocycles. The molecule has 4 aromatic carbocycles. The largest absolute Gasteiger partial charge is 0.321 e. The van der Waals surface area contributed by atoms with Crippen LogP contribution in [-0.4, -0.2) is 20.2 Å². The molecule has 32 heavy (non-hydrogen) atoms. The number of nitrogens with zero attached hydrogens (tertiary/aromatic N) is 1. The van der Waals surface area contributed by atoms with Gasteiger partial charge in [0.1, 0.15) is 4.90 Å². The molecule has 0 spiro atoms. The third-order valence-corrected chi connectivity index (χ3v) is 7.56. The van der Waals surface area contributed by atoms with E-state index in [9.17, 15) is 18.0 Å². The van der Waals surface area contributed by atoms with Crippen LogP contribution in [0, 0.1) is 0 Å². The van der Waals surface area contributed by atoms with E-state index < -0.39 is 21.8 Å². The van der Waals surface area contributed by atoms with Crippen molar-refractivity contribution in [3.8, 4) is 0 Å². The average Bonchev–Trinajstić information content (AvgIpc) is 2.99. The zero-order valence-corrected chi connectivity index (χ0v) is 18.9. The van der Waals surface area contributed by atoms with Crippen LogP contribution < -0.4 is 9.62 Å². The predicted octanol–water partition coefficient (Wildman–Crippen LogP) is 5.20. The van der Waals surface area contributed by atoms with Crippen molar-refractivity contribution >= 4 is 59.9 Å². The Kier molecular flexibility index (Phi) is 4.83. The Hall–Kier alpha value is -3.49. The van der Waals surface area contributed by atoms with Crippen LogP contribution >= 0.6 is 15.9 Å². The maximum Gasteiger partial charge on any atom is 0.273 e. The normalized spacial score (nSPS) is 14.4. The van der Waals surface area contributed by atoms with Crippen molar-refractivity contribution in [1.29, 1.82) is 0 Å². The molecule has 1 aliphatic heterocycles. The standard InChI is InChI=1S/C24H15BrN2O4S/c25-17-9-11-18(12-10-17)27-24(29)20-13-8-16(14-22(20)32(27,30)31)23(28)26-21-7-3-5-15-4-1-2-6-19(15)21/h1-14H,(H,26,28). The number of sulfonamides is 1. The fraction of sp³-hybridized carbons (Fsp3) is 0. The molecule has 0 saturated heterocycles. The Morgan fingerprint density at radius 3 is 2.38 bits per heavy atom. The molecule has 0 aliphatic carbocycles. The van der Waals surface area contributed by atoms with Gasteiger partial charge in [0, 0.05) is 21.1 Å².